The lowest BCUT2D eigenvalue weighted by Crippen LogP contribution is -2.60. The van der Waals surface area contributed by atoms with Crippen molar-refractivity contribution in [2.75, 3.05) is 24.5 Å². The maximum absolute atomic E-state index is 13.7. The largest absolute Gasteiger partial charge is 0.573 e. The number of alkyl halides is 6. The number of hydrogen-bond acceptors (Lipinski definition) is 9. The van der Waals surface area contributed by atoms with Gasteiger partial charge in [-0.3, -0.25) is 4.79 Å². The van der Waals surface area contributed by atoms with Gasteiger partial charge in [-0.05, 0) is 54.8 Å². The van der Waals surface area contributed by atoms with Gasteiger partial charge < -0.3 is 15.0 Å². The molecule has 0 unspecified atom stereocenters. The van der Waals surface area contributed by atoms with Crippen LogP contribution in [0.15, 0.2) is 59.6 Å². The maximum Gasteiger partial charge on any atom is 0.573 e. The number of benzene rings is 2. The average Bonchev–Trinajstić information content (AvgIpc) is 3.77. The highest BCUT2D eigenvalue weighted by Crippen LogP contribution is 2.39. The number of hydrogen-bond donors (Lipinski definition) is 1. The Kier molecular flexibility index (Phi) is 8.30. The Bertz CT molecular complexity index is 1850. The van der Waals surface area contributed by atoms with Crippen molar-refractivity contribution in [3.05, 3.63) is 71.7 Å². The van der Waals surface area contributed by atoms with Crippen LogP contribution in [0.25, 0.3) is 10.3 Å². The standard InChI is InChI=1S/C28H24F6N6O4S2/c29-27(30,31)18-5-9-20(10-6-18)46(42,43)40-12-11-39(26-38-24-22(45-26)14-35-23(37-24)17-3-4-17)15-21(40)25(41)36-13-16-1-7-19(8-2-16)44-28(32,33)34/h1-2,5-10,14,17,21H,3-4,11-13,15H2,(H,36,41)/t21-/m1/s1. The minimum absolute atomic E-state index is 0.118. The van der Waals surface area contributed by atoms with E-state index >= 15 is 0 Å². The summed E-state index contributed by atoms with van der Waals surface area (Å²) in [6.45, 7) is -0.379. The molecule has 18 heteroatoms. The number of aromatic nitrogens is 3. The second kappa shape index (κ2) is 12.0. The lowest BCUT2D eigenvalue weighted by Gasteiger charge is -2.39. The summed E-state index contributed by atoms with van der Waals surface area (Å²) in [5.41, 5.74) is -0.138. The number of sulfonamides is 1. The van der Waals surface area contributed by atoms with E-state index in [9.17, 15) is 39.6 Å². The molecule has 2 aromatic carbocycles. The summed E-state index contributed by atoms with van der Waals surface area (Å²) in [4.78, 5) is 28.4. The van der Waals surface area contributed by atoms with E-state index in [-0.39, 0.29) is 26.2 Å². The number of halogens is 6. The number of nitrogens with zero attached hydrogens (tertiary/aromatic N) is 5. The Morgan fingerprint density at radius 1 is 0.978 bits per heavy atom. The molecule has 2 aliphatic rings. The van der Waals surface area contributed by atoms with E-state index in [4.69, 9.17) is 0 Å². The highest BCUT2D eigenvalue weighted by atomic mass is 32.2. The molecule has 10 nitrogen and oxygen atoms in total. The zero-order chi connectivity index (χ0) is 32.9. The van der Waals surface area contributed by atoms with Gasteiger partial charge in [0.1, 0.15) is 17.6 Å². The Morgan fingerprint density at radius 2 is 1.67 bits per heavy atom. The monoisotopic (exact) mass is 686 g/mol. The molecular weight excluding hydrogens is 662 g/mol. The van der Waals surface area contributed by atoms with Crippen LogP contribution in [0.4, 0.5) is 31.5 Å². The predicted octanol–water partition coefficient (Wildman–Crippen LogP) is 5.08. The second-order valence-corrected chi connectivity index (χ2v) is 13.6. The molecule has 1 saturated heterocycles. The number of carbonyl (C=O) groups excluding carboxylic acids is 1. The molecule has 1 saturated carbocycles. The fourth-order valence-corrected chi connectivity index (χ4v) is 7.40. The molecule has 2 fully saturated rings. The molecule has 6 rings (SSSR count). The van der Waals surface area contributed by atoms with E-state index in [1.165, 1.54) is 23.5 Å². The number of rotatable bonds is 8. The van der Waals surface area contributed by atoms with Gasteiger partial charge in [-0.2, -0.15) is 22.5 Å². The molecule has 0 bridgehead atoms. The lowest BCUT2D eigenvalue weighted by atomic mass is 10.1. The molecule has 1 amide bonds. The summed E-state index contributed by atoms with van der Waals surface area (Å²) in [7, 11) is -4.45. The molecule has 1 atom stereocenters. The number of ether oxygens (including phenoxy) is 1. The molecule has 2 aromatic heterocycles. The molecule has 1 aliphatic heterocycles. The van der Waals surface area contributed by atoms with Gasteiger partial charge >= 0.3 is 12.5 Å². The fraction of sp³-hybridized carbons (Fsp3) is 0.357. The van der Waals surface area contributed by atoms with E-state index in [0.29, 0.717) is 44.9 Å². The quantitative estimate of drug-likeness (QED) is 0.255. The molecule has 46 heavy (non-hydrogen) atoms. The summed E-state index contributed by atoms with van der Waals surface area (Å²) in [6, 6.07) is 6.42. The van der Waals surface area contributed by atoms with Crippen LogP contribution in [-0.4, -0.2) is 65.6 Å². The predicted molar refractivity (Wildman–Crippen MR) is 153 cm³/mol. The molecule has 1 aliphatic carbocycles. The number of thiazole rings is 1. The summed E-state index contributed by atoms with van der Waals surface area (Å²) in [5.74, 6) is -0.182. The Hall–Kier alpha value is -4.03. The van der Waals surface area contributed by atoms with E-state index in [0.717, 1.165) is 41.4 Å². The van der Waals surface area contributed by atoms with Crippen LogP contribution >= 0.6 is 11.3 Å². The van der Waals surface area contributed by atoms with Crippen LogP contribution in [0.2, 0.25) is 0 Å². The fourth-order valence-electron chi connectivity index (χ4n) is 4.92. The van der Waals surface area contributed by atoms with E-state index < -0.39 is 50.7 Å². The highest BCUT2D eigenvalue weighted by molar-refractivity contribution is 7.89. The first-order chi connectivity index (χ1) is 21.7. The topological polar surface area (TPSA) is 118 Å². The Morgan fingerprint density at radius 3 is 2.30 bits per heavy atom. The van der Waals surface area contributed by atoms with Crippen molar-refractivity contribution in [3.8, 4) is 5.75 Å². The number of anilines is 1. The molecule has 4 aromatic rings. The van der Waals surface area contributed by atoms with Crippen LogP contribution in [0.1, 0.15) is 35.7 Å². The molecular formula is C28H24F6N6O4S2. The Labute approximate surface area is 262 Å². The van der Waals surface area contributed by atoms with Gasteiger partial charge in [0.05, 0.1) is 21.4 Å². The smallest absolute Gasteiger partial charge is 0.406 e. The van der Waals surface area contributed by atoms with Crippen LogP contribution in [0, 0.1) is 0 Å². The second-order valence-electron chi connectivity index (χ2n) is 10.7. The minimum atomic E-state index is -4.88. The zero-order valence-electron chi connectivity index (χ0n) is 23.5. The van der Waals surface area contributed by atoms with Gasteiger partial charge in [-0.25, -0.2) is 18.4 Å². The van der Waals surface area contributed by atoms with Crippen LogP contribution < -0.4 is 15.0 Å². The number of nitrogens with one attached hydrogen (secondary N) is 1. The summed E-state index contributed by atoms with van der Waals surface area (Å²) >= 11 is 1.27. The molecule has 0 spiro atoms. The van der Waals surface area contributed by atoms with Gasteiger partial charge in [-0.1, -0.05) is 23.5 Å². The SMILES string of the molecule is O=C(NCc1ccc(OC(F)(F)F)cc1)[C@H]1CN(c2nc3nc(C4CC4)ncc3s2)CCN1S(=O)(=O)c1ccc(C(F)(F)F)cc1. The first kappa shape index (κ1) is 31.9. The third kappa shape index (κ3) is 7.02. The van der Waals surface area contributed by atoms with Gasteiger partial charge in [0.15, 0.2) is 10.8 Å². The summed E-state index contributed by atoms with van der Waals surface area (Å²) in [5, 5.41) is 3.11. The molecule has 3 heterocycles. The highest BCUT2D eigenvalue weighted by Gasteiger charge is 2.41. The van der Waals surface area contributed by atoms with Crippen molar-refractivity contribution in [1.82, 2.24) is 24.6 Å². The van der Waals surface area contributed by atoms with Crippen molar-refractivity contribution >= 4 is 42.7 Å². The third-order valence-electron chi connectivity index (χ3n) is 7.42. The van der Waals surface area contributed by atoms with Gasteiger partial charge in [0, 0.05) is 32.1 Å². The number of amides is 1. The van der Waals surface area contributed by atoms with E-state index in [1.54, 1.807) is 11.1 Å². The van der Waals surface area contributed by atoms with Crippen LogP contribution in [0.5, 0.6) is 5.75 Å². The summed E-state index contributed by atoms with van der Waals surface area (Å²) in [6.07, 6.45) is -5.87. The van der Waals surface area contributed by atoms with Gasteiger partial charge in [-0.15, -0.1) is 13.2 Å². The minimum Gasteiger partial charge on any atom is -0.406 e. The van der Waals surface area contributed by atoms with Crippen LogP contribution in [-0.2, 0) is 27.5 Å². The first-order valence-electron chi connectivity index (χ1n) is 13.9. The normalized spacial score (nSPS) is 18.1. The molecule has 0 radical (unpaired) electrons. The van der Waals surface area contributed by atoms with Gasteiger partial charge in [0.25, 0.3) is 0 Å². The number of carbonyl (C=O) groups is 1. The van der Waals surface area contributed by atoms with Crippen LogP contribution in [0.3, 0.4) is 0 Å². The number of piperazine rings is 1. The first-order valence-corrected chi connectivity index (χ1v) is 16.1. The van der Waals surface area contributed by atoms with Crippen molar-refractivity contribution in [3.63, 3.8) is 0 Å². The molecule has 244 valence electrons. The maximum atomic E-state index is 13.7. The third-order valence-corrected chi connectivity index (χ3v) is 10.4. The average molecular weight is 687 g/mol. The number of fused-ring (bicyclic) bond motifs is 1. The van der Waals surface area contributed by atoms with Crippen molar-refractivity contribution in [2.45, 2.75) is 48.8 Å². The van der Waals surface area contributed by atoms with Crippen molar-refractivity contribution in [2.24, 2.45) is 0 Å². The lowest BCUT2D eigenvalue weighted by molar-refractivity contribution is -0.274. The van der Waals surface area contributed by atoms with Gasteiger partial charge in [0.2, 0.25) is 15.9 Å². The molecule has 1 N–H and O–H groups in total. The van der Waals surface area contributed by atoms with Crippen molar-refractivity contribution < 1.29 is 44.3 Å². The van der Waals surface area contributed by atoms with E-state index in [2.05, 4.69) is 25.0 Å². The Balaban J connectivity index is 1.24. The zero-order valence-corrected chi connectivity index (χ0v) is 25.2. The van der Waals surface area contributed by atoms with E-state index in [1.807, 2.05) is 0 Å². The van der Waals surface area contributed by atoms with Crippen molar-refractivity contribution in [1.29, 1.82) is 0 Å². The summed E-state index contributed by atoms with van der Waals surface area (Å²) < 4.78 is 110.